The van der Waals surface area contributed by atoms with E-state index in [1.165, 1.54) is 13.0 Å². The first-order chi connectivity index (χ1) is 6.88. The maximum absolute atomic E-state index is 11.0. The molecule has 3 nitrogen and oxygen atoms in total. The van der Waals surface area contributed by atoms with E-state index in [9.17, 15) is 4.79 Å². The first-order valence-electron chi connectivity index (χ1n) is 5.90. The quantitative estimate of drug-likeness (QED) is 0.758. The number of nitrogens with zero attached hydrogens (tertiary/aromatic N) is 1. The molecule has 1 amide bonds. The lowest BCUT2D eigenvalue weighted by atomic mass is 9.92. The lowest BCUT2D eigenvalue weighted by Gasteiger charge is -2.24. The summed E-state index contributed by atoms with van der Waals surface area (Å²) >= 11 is 0. The Morgan fingerprint density at radius 3 is 2.27 bits per heavy atom. The lowest BCUT2D eigenvalue weighted by molar-refractivity contribution is -0.120. The van der Waals surface area contributed by atoms with Crippen molar-refractivity contribution in [3.05, 3.63) is 0 Å². The highest BCUT2D eigenvalue weighted by Gasteiger charge is 2.58. The first-order valence-corrected chi connectivity index (χ1v) is 5.90. The molecule has 2 N–H and O–H groups in total. The van der Waals surface area contributed by atoms with Crippen LogP contribution >= 0.6 is 0 Å². The van der Waals surface area contributed by atoms with E-state index in [-0.39, 0.29) is 11.8 Å². The smallest absolute Gasteiger partial charge is 0.221 e. The zero-order valence-corrected chi connectivity index (χ0v) is 9.99. The van der Waals surface area contributed by atoms with Crippen LogP contribution in [0.1, 0.15) is 27.2 Å². The van der Waals surface area contributed by atoms with Gasteiger partial charge in [-0.05, 0) is 30.2 Å². The van der Waals surface area contributed by atoms with E-state index in [0.717, 1.165) is 13.1 Å². The Labute approximate surface area is 92.0 Å². The van der Waals surface area contributed by atoms with Gasteiger partial charge in [-0.1, -0.05) is 20.8 Å². The Morgan fingerprint density at radius 1 is 1.33 bits per heavy atom. The predicted molar refractivity (Wildman–Crippen MR) is 60.2 cm³/mol. The van der Waals surface area contributed by atoms with E-state index in [1.54, 1.807) is 0 Å². The third-order valence-electron chi connectivity index (χ3n) is 3.78. The third-order valence-corrected chi connectivity index (χ3v) is 3.78. The van der Waals surface area contributed by atoms with Crippen molar-refractivity contribution in [2.45, 2.75) is 27.2 Å². The zero-order valence-electron chi connectivity index (χ0n) is 9.99. The molecule has 3 heteroatoms. The molecule has 1 aliphatic carbocycles. The Hall–Kier alpha value is -0.570. The van der Waals surface area contributed by atoms with Crippen LogP contribution in [0.5, 0.6) is 0 Å². The second-order valence-electron chi connectivity index (χ2n) is 6.33. The lowest BCUT2D eigenvalue weighted by Crippen LogP contribution is -2.30. The molecule has 0 aromatic heterocycles. The van der Waals surface area contributed by atoms with Gasteiger partial charge in [0.05, 0.1) is 0 Å². The summed E-state index contributed by atoms with van der Waals surface area (Å²) in [5, 5.41) is 0. The van der Waals surface area contributed by atoms with E-state index in [2.05, 4.69) is 25.7 Å². The Morgan fingerprint density at radius 2 is 1.87 bits per heavy atom. The molecular formula is C12H22N2O. The number of hydrogen-bond donors (Lipinski definition) is 1. The van der Waals surface area contributed by atoms with E-state index in [4.69, 9.17) is 5.73 Å². The highest BCUT2D eigenvalue weighted by molar-refractivity contribution is 5.80. The molecule has 0 bridgehead atoms. The SMILES string of the molecule is CC(C)(C)CCN1C[C@@H]2[C@H](C1)[C@H]2C(N)=O. The van der Waals surface area contributed by atoms with Crippen LogP contribution in [0.3, 0.4) is 0 Å². The van der Waals surface area contributed by atoms with Crippen molar-refractivity contribution in [3.63, 3.8) is 0 Å². The second kappa shape index (κ2) is 3.48. The van der Waals surface area contributed by atoms with Crippen molar-refractivity contribution in [3.8, 4) is 0 Å². The highest BCUT2D eigenvalue weighted by atomic mass is 16.1. The maximum atomic E-state index is 11.0. The number of carbonyl (C=O) groups excluding carboxylic acids is 1. The number of hydrogen-bond acceptors (Lipinski definition) is 2. The molecular weight excluding hydrogens is 188 g/mol. The number of amides is 1. The standard InChI is InChI=1S/C12H22N2O/c1-12(2,3)4-5-14-6-8-9(7-14)10(8)11(13)15/h8-10H,4-7H2,1-3H3,(H2,13,15)/t8-,9+,10+. The van der Waals surface area contributed by atoms with Crippen molar-refractivity contribution < 1.29 is 4.79 Å². The molecule has 86 valence electrons. The van der Waals surface area contributed by atoms with Gasteiger partial charge < -0.3 is 10.6 Å². The minimum Gasteiger partial charge on any atom is -0.369 e. The van der Waals surface area contributed by atoms with Gasteiger partial charge in [0.25, 0.3) is 0 Å². The van der Waals surface area contributed by atoms with E-state index in [1.807, 2.05) is 0 Å². The molecule has 3 atom stereocenters. The molecule has 2 aliphatic rings. The summed E-state index contributed by atoms with van der Waals surface area (Å²) in [5.74, 6) is 1.29. The van der Waals surface area contributed by atoms with Crippen molar-refractivity contribution in [1.82, 2.24) is 4.90 Å². The van der Waals surface area contributed by atoms with Crippen molar-refractivity contribution in [2.75, 3.05) is 19.6 Å². The molecule has 0 radical (unpaired) electrons. The molecule has 0 spiro atoms. The summed E-state index contributed by atoms with van der Waals surface area (Å²) < 4.78 is 0. The van der Waals surface area contributed by atoms with Crippen LogP contribution in [0.15, 0.2) is 0 Å². The third kappa shape index (κ3) is 2.33. The van der Waals surface area contributed by atoms with Crippen LogP contribution in [-0.4, -0.2) is 30.4 Å². The summed E-state index contributed by atoms with van der Waals surface area (Å²) in [6, 6.07) is 0. The van der Waals surface area contributed by atoms with Crippen molar-refractivity contribution >= 4 is 5.91 Å². The number of likely N-dealkylation sites (tertiary alicyclic amines) is 1. The average Bonchev–Trinajstić information content (AvgIpc) is 2.59. The second-order valence-corrected chi connectivity index (χ2v) is 6.33. The molecule has 1 saturated carbocycles. The fourth-order valence-electron chi connectivity index (χ4n) is 2.71. The van der Waals surface area contributed by atoms with Crippen LogP contribution in [0.2, 0.25) is 0 Å². The molecule has 1 saturated heterocycles. The summed E-state index contributed by atoms with van der Waals surface area (Å²) in [5.41, 5.74) is 5.73. The molecule has 0 unspecified atom stereocenters. The Kier molecular flexibility index (Phi) is 2.53. The Bertz CT molecular complexity index is 257. The minimum atomic E-state index is -0.0829. The normalized spacial score (nSPS) is 35.3. The fraction of sp³-hybridized carbons (Fsp3) is 0.917. The van der Waals surface area contributed by atoms with Gasteiger partial charge in [-0.25, -0.2) is 0 Å². The number of piperidine rings is 1. The van der Waals surface area contributed by atoms with Crippen LogP contribution in [0.25, 0.3) is 0 Å². The summed E-state index contributed by atoms with van der Waals surface area (Å²) in [4.78, 5) is 13.5. The summed E-state index contributed by atoms with van der Waals surface area (Å²) in [7, 11) is 0. The van der Waals surface area contributed by atoms with Crippen molar-refractivity contribution in [2.24, 2.45) is 28.9 Å². The summed E-state index contributed by atoms with van der Waals surface area (Å²) in [6.45, 7) is 10.2. The molecule has 1 heterocycles. The van der Waals surface area contributed by atoms with Crippen LogP contribution in [0, 0.1) is 23.2 Å². The first kappa shape index (κ1) is 10.9. The molecule has 15 heavy (non-hydrogen) atoms. The number of nitrogens with two attached hydrogens (primary N) is 1. The summed E-state index contributed by atoms with van der Waals surface area (Å²) in [6.07, 6.45) is 1.23. The van der Waals surface area contributed by atoms with Gasteiger partial charge in [-0.3, -0.25) is 4.79 Å². The zero-order chi connectivity index (χ0) is 11.2. The highest BCUT2D eigenvalue weighted by Crippen LogP contribution is 2.51. The van der Waals surface area contributed by atoms with Gasteiger partial charge in [-0.15, -0.1) is 0 Å². The van der Waals surface area contributed by atoms with Gasteiger partial charge in [-0.2, -0.15) is 0 Å². The fourth-order valence-corrected chi connectivity index (χ4v) is 2.71. The van der Waals surface area contributed by atoms with Gasteiger partial charge in [0.1, 0.15) is 0 Å². The largest absolute Gasteiger partial charge is 0.369 e. The maximum Gasteiger partial charge on any atom is 0.221 e. The number of primary amides is 1. The van der Waals surface area contributed by atoms with Gasteiger partial charge in [0, 0.05) is 19.0 Å². The molecule has 0 aromatic carbocycles. The molecule has 2 fully saturated rings. The van der Waals surface area contributed by atoms with E-state index in [0.29, 0.717) is 17.3 Å². The number of rotatable bonds is 3. The van der Waals surface area contributed by atoms with Gasteiger partial charge >= 0.3 is 0 Å². The predicted octanol–water partition coefficient (Wildman–Crippen LogP) is 1.09. The monoisotopic (exact) mass is 210 g/mol. The van der Waals surface area contributed by atoms with E-state index >= 15 is 0 Å². The molecule has 0 aromatic rings. The van der Waals surface area contributed by atoms with Crippen LogP contribution in [-0.2, 0) is 4.79 Å². The van der Waals surface area contributed by atoms with Gasteiger partial charge in [0.15, 0.2) is 0 Å². The van der Waals surface area contributed by atoms with Crippen LogP contribution < -0.4 is 5.73 Å². The number of carbonyl (C=O) groups is 1. The van der Waals surface area contributed by atoms with E-state index < -0.39 is 0 Å². The minimum absolute atomic E-state index is 0.0829. The molecule has 2 rings (SSSR count). The Balaban J connectivity index is 1.72. The average molecular weight is 210 g/mol. The molecule has 1 aliphatic heterocycles. The van der Waals surface area contributed by atoms with Gasteiger partial charge in [0.2, 0.25) is 5.91 Å². The number of fused-ring (bicyclic) bond motifs is 1. The van der Waals surface area contributed by atoms with Crippen molar-refractivity contribution in [1.29, 1.82) is 0 Å². The topological polar surface area (TPSA) is 46.3 Å². The van der Waals surface area contributed by atoms with Crippen LogP contribution in [0.4, 0.5) is 0 Å².